The van der Waals surface area contributed by atoms with E-state index in [4.69, 9.17) is 4.74 Å². The first kappa shape index (κ1) is 14.6. The molecule has 1 N–H and O–H groups in total. The van der Waals surface area contributed by atoms with Crippen LogP contribution in [-0.2, 0) is 10.5 Å². The van der Waals surface area contributed by atoms with Crippen molar-refractivity contribution in [1.82, 2.24) is 0 Å². The molecule has 2 aromatic rings. The van der Waals surface area contributed by atoms with E-state index in [0.717, 1.165) is 27.9 Å². The van der Waals surface area contributed by atoms with E-state index >= 15 is 0 Å². The number of aryl methyl sites for hydroxylation is 4. The molecule has 3 nitrogen and oxygen atoms in total. The highest BCUT2D eigenvalue weighted by Crippen LogP contribution is 2.39. The zero-order valence-corrected chi connectivity index (χ0v) is 13.7. The van der Waals surface area contributed by atoms with Gasteiger partial charge in [-0.1, -0.05) is 29.8 Å². The molecule has 0 spiro atoms. The molecule has 0 amide bonds. The summed E-state index contributed by atoms with van der Waals surface area (Å²) in [6.07, 6.45) is 0. The summed E-state index contributed by atoms with van der Waals surface area (Å²) in [6.45, 7) is 10.1. The summed E-state index contributed by atoms with van der Waals surface area (Å²) in [6, 6.07) is 9.92. The first-order valence-electron chi connectivity index (χ1n) is 7.51. The summed E-state index contributed by atoms with van der Waals surface area (Å²) in [5.74, 6) is -0.278. The van der Waals surface area contributed by atoms with Crippen LogP contribution in [0.4, 0.5) is 5.69 Å². The predicted molar refractivity (Wildman–Crippen MR) is 88.2 cm³/mol. The van der Waals surface area contributed by atoms with Gasteiger partial charge in [-0.25, -0.2) is 4.79 Å². The number of anilines is 1. The maximum Gasteiger partial charge on any atom is 0.342 e. The number of ether oxygens (including phenoxy) is 1. The van der Waals surface area contributed by atoms with Crippen molar-refractivity contribution in [1.29, 1.82) is 0 Å². The predicted octanol–water partition coefficient (Wildman–Crippen LogP) is 4.38. The molecule has 22 heavy (non-hydrogen) atoms. The Balaban J connectivity index is 2.17. The van der Waals surface area contributed by atoms with E-state index in [-0.39, 0.29) is 5.97 Å². The Morgan fingerprint density at radius 2 is 1.64 bits per heavy atom. The van der Waals surface area contributed by atoms with E-state index in [2.05, 4.69) is 38.2 Å². The van der Waals surface area contributed by atoms with Gasteiger partial charge in [-0.2, -0.15) is 0 Å². The Bertz CT molecular complexity index is 756. The normalized spacial score (nSPS) is 20.1. The summed E-state index contributed by atoms with van der Waals surface area (Å²) < 4.78 is 5.79. The average Bonchev–Trinajstić information content (AvgIpc) is 2.38. The van der Waals surface area contributed by atoms with Crippen LogP contribution in [0.1, 0.15) is 45.1 Å². The van der Waals surface area contributed by atoms with E-state index in [0.29, 0.717) is 5.56 Å². The van der Waals surface area contributed by atoms with Gasteiger partial charge in [0.25, 0.3) is 0 Å². The molecule has 1 atom stereocenters. The lowest BCUT2D eigenvalue weighted by atomic mass is 9.90. The van der Waals surface area contributed by atoms with Gasteiger partial charge in [0.15, 0.2) is 0 Å². The number of carbonyl (C=O) groups excluding carboxylic acids is 1. The maximum atomic E-state index is 12.5. The number of rotatable bonds is 1. The van der Waals surface area contributed by atoms with Crippen LogP contribution in [0, 0.1) is 27.7 Å². The van der Waals surface area contributed by atoms with Crippen molar-refractivity contribution in [2.24, 2.45) is 0 Å². The van der Waals surface area contributed by atoms with Crippen LogP contribution >= 0.6 is 0 Å². The minimum Gasteiger partial charge on any atom is -0.431 e. The number of hydrogen-bond donors (Lipinski definition) is 1. The lowest BCUT2D eigenvalue weighted by Gasteiger charge is -2.39. The molecule has 114 valence electrons. The lowest BCUT2D eigenvalue weighted by molar-refractivity contribution is -0.00319. The molecule has 0 fully saturated rings. The quantitative estimate of drug-likeness (QED) is 0.794. The van der Waals surface area contributed by atoms with Gasteiger partial charge >= 0.3 is 5.97 Å². The number of benzene rings is 2. The number of carbonyl (C=O) groups is 1. The van der Waals surface area contributed by atoms with Crippen molar-refractivity contribution in [3.63, 3.8) is 0 Å². The number of nitrogens with one attached hydrogen (secondary N) is 1. The summed E-state index contributed by atoms with van der Waals surface area (Å²) in [4.78, 5) is 12.5. The summed E-state index contributed by atoms with van der Waals surface area (Å²) in [7, 11) is 0. The van der Waals surface area contributed by atoms with Crippen molar-refractivity contribution >= 4 is 11.7 Å². The molecule has 1 aliphatic heterocycles. The van der Waals surface area contributed by atoms with Crippen LogP contribution < -0.4 is 5.32 Å². The Kier molecular flexibility index (Phi) is 3.24. The Morgan fingerprint density at radius 1 is 1.00 bits per heavy atom. The largest absolute Gasteiger partial charge is 0.431 e. The highest BCUT2D eigenvalue weighted by atomic mass is 16.6. The van der Waals surface area contributed by atoms with Crippen LogP contribution in [0.5, 0.6) is 0 Å². The molecule has 2 aromatic carbocycles. The smallest absolute Gasteiger partial charge is 0.342 e. The van der Waals surface area contributed by atoms with Crippen molar-refractivity contribution < 1.29 is 9.53 Å². The van der Waals surface area contributed by atoms with Gasteiger partial charge in [0.1, 0.15) is 0 Å². The molecule has 0 aromatic heterocycles. The molecule has 0 radical (unpaired) electrons. The molecule has 0 saturated carbocycles. The minimum absolute atomic E-state index is 0.278. The van der Waals surface area contributed by atoms with Gasteiger partial charge in [-0.3, -0.25) is 0 Å². The first-order valence-corrected chi connectivity index (χ1v) is 7.51. The summed E-state index contributed by atoms with van der Waals surface area (Å²) in [5.41, 5.74) is 6.14. The Hall–Kier alpha value is -2.29. The number of para-hydroxylation sites is 1. The average molecular weight is 295 g/mol. The summed E-state index contributed by atoms with van der Waals surface area (Å²) >= 11 is 0. The molecule has 0 saturated heterocycles. The maximum absolute atomic E-state index is 12.5. The topological polar surface area (TPSA) is 38.3 Å². The third kappa shape index (κ3) is 2.17. The molecule has 1 unspecified atom stereocenters. The van der Waals surface area contributed by atoms with Gasteiger partial charge in [0.2, 0.25) is 5.72 Å². The molecule has 1 aliphatic rings. The molecule has 0 aliphatic carbocycles. The second kappa shape index (κ2) is 4.87. The molecule has 3 rings (SSSR count). The number of esters is 1. The Labute approximate surface area is 131 Å². The number of fused-ring (bicyclic) bond motifs is 1. The molecule has 0 bridgehead atoms. The number of hydrogen-bond acceptors (Lipinski definition) is 3. The van der Waals surface area contributed by atoms with Crippen LogP contribution in [0.2, 0.25) is 0 Å². The highest BCUT2D eigenvalue weighted by Gasteiger charge is 2.39. The first-order chi connectivity index (χ1) is 10.3. The standard InChI is InChI=1S/C19H21NO2/c1-11-9-13(3)16(14(4)10-11)19(5)20-17-12(2)7-6-8-15(17)18(21)22-19/h6-10,20H,1-5H3. The second-order valence-corrected chi connectivity index (χ2v) is 6.32. The third-order valence-electron chi connectivity index (χ3n) is 4.31. The van der Waals surface area contributed by atoms with E-state index in [1.54, 1.807) is 6.07 Å². The fourth-order valence-corrected chi connectivity index (χ4v) is 3.55. The van der Waals surface area contributed by atoms with E-state index in [1.165, 1.54) is 5.56 Å². The van der Waals surface area contributed by atoms with Gasteiger partial charge in [-0.15, -0.1) is 0 Å². The highest BCUT2D eigenvalue weighted by molar-refractivity contribution is 5.98. The molecule has 1 heterocycles. The van der Waals surface area contributed by atoms with Crippen LogP contribution in [-0.4, -0.2) is 5.97 Å². The number of cyclic esters (lactones) is 1. The van der Waals surface area contributed by atoms with Crippen LogP contribution in [0.3, 0.4) is 0 Å². The lowest BCUT2D eigenvalue weighted by Crippen LogP contribution is -2.42. The molecule has 3 heteroatoms. The van der Waals surface area contributed by atoms with Crippen molar-refractivity contribution in [2.75, 3.05) is 5.32 Å². The van der Waals surface area contributed by atoms with Crippen molar-refractivity contribution in [3.8, 4) is 0 Å². The van der Waals surface area contributed by atoms with E-state index in [9.17, 15) is 4.79 Å². The SMILES string of the molecule is Cc1cc(C)c(C2(C)Nc3c(C)cccc3C(=O)O2)c(C)c1. The van der Waals surface area contributed by atoms with Crippen LogP contribution in [0.15, 0.2) is 30.3 Å². The minimum atomic E-state index is -0.849. The zero-order valence-electron chi connectivity index (χ0n) is 13.7. The third-order valence-corrected chi connectivity index (χ3v) is 4.31. The fourth-order valence-electron chi connectivity index (χ4n) is 3.55. The van der Waals surface area contributed by atoms with Gasteiger partial charge in [-0.05, 0) is 57.4 Å². The van der Waals surface area contributed by atoms with E-state index in [1.807, 2.05) is 26.0 Å². The Morgan fingerprint density at radius 3 is 2.27 bits per heavy atom. The van der Waals surface area contributed by atoms with Crippen LogP contribution in [0.25, 0.3) is 0 Å². The fraction of sp³-hybridized carbons (Fsp3) is 0.316. The second-order valence-electron chi connectivity index (χ2n) is 6.32. The van der Waals surface area contributed by atoms with Gasteiger partial charge in [0, 0.05) is 5.56 Å². The van der Waals surface area contributed by atoms with Gasteiger partial charge < -0.3 is 10.1 Å². The molecular formula is C19H21NO2. The van der Waals surface area contributed by atoms with Crippen molar-refractivity contribution in [3.05, 3.63) is 63.7 Å². The molecular weight excluding hydrogens is 274 g/mol. The monoisotopic (exact) mass is 295 g/mol. The van der Waals surface area contributed by atoms with E-state index < -0.39 is 5.72 Å². The summed E-state index contributed by atoms with van der Waals surface area (Å²) in [5, 5.41) is 3.45. The van der Waals surface area contributed by atoms with Crippen molar-refractivity contribution in [2.45, 2.75) is 40.3 Å². The zero-order chi connectivity index (χ0) is 16.1. The van der Waals surface area contributed by atoms with Gasteiger partial charge in [0.05, 0.1) is 11.3 Å².